The second-order valence-electron chi connectivity index (χ2n) is 6.75. The van der Waals surface area contributed by atoms with E-state index in [0.29, 0.717) is 15.7 Å². The predicted molar refractivity (Wildman–Crippen MR) is 117 cm³/mol. The molecule has 10 heteroatoms. The van der Waals surface area contributed by atoms with Crippen LogP contribution in [0, 0.1) is 0 Å². The van der Waals surface area contributed by atoms with E-state index in [0.717, 1.165) is 11.3 Å². The maximum absolute atomic E-state index is 13.5. The van der Waals surface area contributed by atoms with Crippen molar-refractivity contribution in [3.8, 4) is 0 Å². The molecule has 0 bridgehead atoms. The maximum Gasteiger partial charge on any atom is 0.342 e. The molecule has 0 aliphatic carbocycles. The number of pyridine rings is 2. The fourth-order valence-corrected chi connectivity index (χ4v) is 4.70. The highest BCUT2D eigenvalue weighted by atomic mass is 32.1. The van der Waals surface area contributed by atoms with E-state index in [2.05, 4.69) is 9.97 Å². The molecule has 0 fully saturated rings. The standard InChI is InChI=1S/C22H18N4O5S/c1-30-21(28)15-17(23)16(22(29)31-2)20-26(18(15)13-6-4-8-25-11-13)19(27)14(32-20)9-12-5-3-7-24-10-12/h3-11,18H,23H2,1-2H3/b14-9+/t18-/m0/s1. The fourth-order valence-electron chi connectivity index (χ4n) is 3.53. The van der Waals surface area contributed by atoms with Crippen LogP contribution in [0.3, 0.4) is 0 Å². The molecule has 3 aromatic rings. The van der Waals surface area contributed by atoms with Crippen molar-refractivity contribution in [1.29, 1.82) is 0 Å². The van der Waals surface area contributed by atoms with E-state index < -0.39 is 23.5 Å². The number of ether oxygens (including phenoxy) is 2. The summed E-state index contributed by atoms with van der Waals surface area (Å²) < 4.78 is 11.8. The molecule has 4 rings (SSSR count). The average Bonchev–Trinajstić information content (AvgIpc) is 3.13. The van der Waals surface area contributed by atoms with Crippen molar-refractivity contribution in [1.82, 2.24) is 14.5 Å². The van der Waals surface area contributed by atoms with E-state index >= 15 is 0 Å². The van der Waals surface area contributed by atoms with Crippen LogP contribution < -0.4 is 20.5 Å². The van der Waals surface area contributed by atoms with Crippen molar-refractivity contribution in [3.05, 3.63) is 91.0 Å². The Labute approximate surface area is 185 Å². The minimum atomic E-state index is -0.931. The minimum absolute atomic E-state index is 0.0405. The molecule has 32 heavy (non-hydrogen) atoms. The molecule has 0 unspecified atom stereocenters. The lowest BCUT2D eigenvalue weighted by atomic mass is 9.93. The van der Waals surface area contributed by atoms with Gasteiger partial charge in [0.15, 0.2) is 0 Å². The average molecular weight is 450 g/mol. The Morgan fingerprint density at radius 3 is 2.38 bits per heavy atom. The smallest absolute Gasteiger partial charge is 0.342 e. The third-order valence-electron chi connectivity index (χ3n) is 4.94. The second-order valence-corrected chi connectivity index (χ2v) is 7.78. The third-order valence-corrected chi connectivity index (χ3v) is 6.04. The molecule has 0 saturated heterocycles. The van der Waals surface area contributed by atoms with Crippen LogP contribution >= 0.6 is 11.3 Å². The van der Waals surface area contributed by atoms with Crippen LogP contribution in [0.4, 0.5) is 0 Å². The van der Waals surface area contributed by atoms with Gasteiger partial charge < -0.3 is 15.2 Å². The number of hydrogen-bond donors (Lipinski definition) is 1. The molecule has 0 amide bonds. The molecular formula is C22H18N4O5S. The number of carbonyl (C=O) groups excluding carboxylic acids is 2. The molecule has 9 nitrogen and oxygen atoms in total. The summed E-state index contributed by atoms with van der Waals surface area (Å²) in [6.45, 7) is 0. The molecule has 1 aliphatic rings. The van der Waals surface area contributed by atoms with E-state index in [1.165, 1.54) is 25.0 Å². The van der Waals surface area contributed by atoms with Gasteiger partial charge in [0, 0.05) is 24.8 Å². The first-order valence-electron chi connectivity index (χ1n) is 9.41. The van der Waals surface area contributed by atoms with Crippen molar-refractivity contribution < 1.29 is 19.1 Å². The summed E-state index contributed by atoms with van der Waals surface area (Å²) >= 11 is 1.07. The van der Waals surface area contributed by atoms with Gasteiger partial charge in [0.05, 0.1) is 36.1 Å². The maximum atomic E-state index is 13.5. The fraction of sp³-hybridized carbons (Fsp3) is 0.136. The number of nitrogens with two attached hydrogens (primary N) is 1. The molecular weight excluding hydrogens is 432 g/mol. The first-order chi connectivity index (χ1) is 15.5. The highest BCUT2D eigenvalue weighted by Crippen LogP contribution is 2.31. The molecule has 162 valence electrons. The zero-order valence-corrected chi connectivity index (χ0v) is 18.0. The van der Waals surface area contributed by atoms with Crippen molar-refractivity contribution in [3.63, 3.8) is 0 Å². The van der Waals surface area contributed by atoms with Crippen LogP contribution in [0.2, 0.25) is 0 Å². The molecule has 0 spiro atoms. The number of methoxy groups -OCH3 is 2. The Bertz CT molecular complexity index is 1410. The molecule has 1 aliphatic heterocycles. The van der Waals surface area contributed by atoms with E-state index in [-0.39, 0.29) is 21.5 Å². The van der Waals surface area contributed by atoms with Gasteiger partial charge in [-0.25, -0.2) is 9.59 Å². The zero-order chi connectivity index (χ0) is 22.8. The highest BCUT2D eigenvalue weighted by Gasteiger charge is 2.38. The summed E-state index contributed by atoms with van der Waals surface area (Å²) in [6, 6.07) is 6.01. The van der Waals surface area contributed by atoms with E-state index in [4.69, 9.17) is 15.2 Å². The third kappa shape index (κ3) is 3.50. The number of esters is 2. The summed E-state index contributed by atoms with van der Waals surface area (Å²) in [6.07, 6.45) is 8.00. The summed E-state index contributed by atoms with van der Waals surface area (Å²) in [5, 5.41) is 0. The van der Waals surface area contributed by atoms with Gasteiger partial charge in [-0.05, 0) is 29.3 Å². The van der Waals surface area contributed by atoms with Gasteiger partial charge in [0.1, 0.15) is 10.2 Å². The molecule has 3 aromatic heterocycles. The van der Waals surface area contributed by atoms with Crippen molar-refractivity contribution >= 4 is 34.9 Å². The monoisotopic (exact) mass is 450 g/mol. The van der Waals surface area contributed by atoms with Gasteiger partial charge in [-0.1, -0.05) is 12.1 Å². The molecule has 0 radical (unpaired) electrons. The summed E-state index contributed by atoms with van der Waals surface area (Å²) in [5.74, 6) is -1.53. The lowest BCUT2D eigenvalue weighted by molar-refractivity contribution is -0.136. The zero-order valence-electron chi connectivity index (χ0n) is 17.1. The number of nitrogens with zero attached hydrogens (tertiary/aromatic N) is 3. The summed E-state index contributed by atoms with van der Waals surface area (Å²) in [7, 11) is 2.40. The number of carbonyl (C=O) groups is 2. The number of fused-ring (bicyclic) bond motifs is 1. The molecule has 4 heterocycles. The second kappa shape index (κ2) is 8.60. The van der Waals surface area contributed by atoms with Crippen molar-refractivity contribution in [2.75, 3.05) is 14.2 Å². The normalized spacial score (nSPS) is 16.0. The van der Waals surface area contributed by atoms with Gasteiger partial charge in [-0.15, -0.1) is 11.3 Å². The van der Waals surface area contributed by atoms with Crippen molar-refractivity contribution in [2.24, 2.45) is 5.73 Å². The molecule has 2 N–H and O–H groups in total. The van der Waals surface area contributed by atoms with Gasteiger partial charge in [0.25, 0.3) is 5.56 Å². The van der Waals surface area contributed by atoms with Crippen LogP contribution in [0.5, 0.6) is 0 Å². The highest BCUT2D eigenvalue weighted by molar-refractivity contribution is 7.07. The minimum Gasteiger partial charge on any atom is -0.466 e. The van der Waals surface area contributed by atoms with Crippen LogP contribution in [0.15, 0.2) is 65.1 Å². The summed E-state index contributed by atoms with van der Waals surface area (Å²) in [5.41, 5.74) is 6.94. The van der Waals surface area contributed by atoms with Crippen LogP contribution in [-0.4, -0.2) is 40.7 Å². The topological polar surface area (TPSA) is 126 Å². The van der Waals surface area contributed by atoms with Gasteiger partial charge in [-0.2, -0.15) is 0 Å². The van der Waals surface area contributed by atoms with E-state index in [1.54, 1.807) is 48.9 Å². The largest absolute Gasteiger partial charge is 0.466 e. The molecule has 0 aromatic carbocycles. The van der Waals surface area contributed by atoms with Crippen LogP contribution in [0.25, 0.3) is 11.6 Å². The Morgan fingerprint density at radius 2 is 1.78 bits per heavy atom. The summed E-state index contributed by atoms with van der Waals surface area (Å²) in [4.78, 5) is 47.1. The number of rotatable bonds is 4. The number of thiazole rings is 1. The number of aromatic nitrogens is 3. The van der Waals surface area contributed by atoms with Gasteiger partial charge in [-0.3, -0.25) is 19.3 Å². The van der Waals surface area contributed by atoms with E-state index in [1.807, 2.05) is 0 Å². The van der Waals surface area contributed by atoms with Gasteiger partial charge >= 0.3 is 11.9 Å². The Hall–Kier alpha value is -4.05. The predicted octanol–water partition coefficient (Wildman–Crippen LogP) is -0.159. The van der Waals surface area contributed by atoms with Crippen molar-refractivity contribution in [2.45, 2.75) is 6.04 Å². The quantitative estimate of drug-likeness (QED) is 0.544. The van der Waals surface area contributed by atoms with E-state index in [9.17, 15) is 14.4 Å². The van der Waals surface area contributed by atoms with Crippen LogP contribution in [0.1, 0.15) is 17.2 Å². The molecule has 0 saturated carbocycles. The Kier molecular flexibility index (Phi) is 5.69. The first-order valence-corrected chi connectivity index (χ1v) is 10.2. The SMILES string of the molecule is COC(=O)C1=C(N)C(C(=O)OC)=c2s/c(=C/c3cccnc3)c(=O)n2[C@H]1c1cccnc1. The number of hydrogen-bond acceptors (Lipinski definition) is 9. The first kappa shape index (κ1) is 21.2. The van der Waals surface area contributed by atoms with Crippen LogP contribution in [-0.2, 0) is 19.1 Å². The Balaban J connectivity index is 2.14. The lowest BCUT2D eigenvalue weighted by Crippen LogP contribution is -2.43. The Morgan fingerprint density at radius 1 is 1.09 bits per heavy atom. The van der Waals surface area contributed by atoms with Gasteiger partial charge in [0.2, 0.25) is 0 Å². The lowest BCUT2D eigenvalue weighted by Gasteiger charge is -2.26. The molecule has 1 atom stereocenters.